The molecule has 0 aliphatic heterocycles. The lowest BCUT2D eigenvalue weighted by Gasteiger charge is -2.20. The monoisotopic (exact) mass is 214 g/mol. The fourth-order valence-corrected chi connectivity index (χ4v) is 2.47. The Balaban J connectivity index is 2.24. The molecule has 0 saturated carbocycles. The maximum absolute atomic E-state index is 5.66. The molecule has 0 radical (unpaired) electrons. The molecule has 0 fully saturated rings. The Bertz CT molecular complexity index is 530. The van der Waals surface area contributed by atoms with E-state index in [-0.39, 0.29) is 0 Å². The van der Waals surface area contributed by atoms with E-state index in [0.29, 0.717) is 12.5 Å². The zero-order valence-corrected chi connectivity index (χ0v) is 9.23. The lowest BCUT2D eigenvalue weighted by atomic mass is 9.82. The Kier molecular flexibility index (Phi) is 2.07. The molecule has 3 nitrogen and oxygen atoms in total. The molecule has 3 rings (SSSR count). The predicted octanol–water partition coefficient (Wildman–Crippen LogP) is 2.46. The molecule has 2 N–H and O–H groups in total. The summed E-state index contributed by atoms with van der Waals surface area (Å²) in [6.07, 6.45) is 0.975. The van der Waals surface area contributed by atoms with Crippen LogP contribution in [0.5, 0.6) is 0 Å². The molecule has 16 heavy (non-hydrogen) atoms. The van der Waals surface area contributed by atoms with Crippen molar-refractivity contribution in [3.05, 3.63) is 41.1 Å². The topological polar surface area (TPSA) is 52.0 Å². The van der Waals surface area contributed by atoms with E-state index in [0.717, 1.165) is 17.9 Å². The van der Waals surface area contributed by atoms with Crippen LogP contribution in [-0.2, 0) is 13.0 Å². The molecule has 0 bridgehead atoms. The molecule has 0 saturated heterocycles. The van der Waals surface area contributed by atoms with Crippen LogP contribution in [0, 0.1) is 0 Å². The van der Waals surface area contributed by atoms with Crippen molar-refractivity contribution in [2.24, 2.45) is 5.73 Å². The summed E-state index contributed by atoms with van der Waals surface area (Å²) in [5, 5.41) is 4.05. The number of nitrogens with two attached hydrogens (primary N) is 1. The van der Waals surface area contributed by atoms with Gasteiger partial charge in [-0.3, -0.25) is 0 Å². The van der Waals surface area contributed by atoms with Gasteiger partial charge in [0.15, 0.2) is 5.76 Å². The summed E-state index contributed by atoms with van der Waals surface area (Å²) in [7, 11) is 0. The molecule has 0 amide bonds. The van der Waals surface area contributed by atoms with Crippen molar-refractivity contribution >= 4 is 0 Å². The second-order valence-electron chi connectivity index (χ2n) is 4.33. The van der Waals surface area contributed by atoms with Crippen molar-refractivity contribution in [1.29, 1.82) is 0 Å². The van der Waals surface area contributed by atoms with Gasteiger partial charge in [-0.15, -0.1) is 0 Å². The van der Waals surface area contributed by atoms with E-state index < -0.39 is 0 Å². The molecule has 82 valence electrons. The normalized spacial score (nSPS) is 18.0. The number of fused-ring (bicyclic) bond motifs is 3. The highest BCUT2D eigenvalue weighted by atomic mass is 16.5. The van der Waals surface area contributed by atoms with Crippen LogP contribution in [0.4, 0.5) is 0 Å². The van der Waals surface area contributed by atoms with Crippen LogP contribution in [0.15, 0.2) is 28.8 Å². The number of rotatable bonds is 1. The number of aromatic nitrogens is 1. The molecule has 1 aromatic heterocycles. The van der Waals surface area contributed by atoms with Gasteiger partial charge in [-0.1, -0.05) is 36.3 Å². The quantitative estimate of drug-likeness (QED) is 0.793. The average Bonchev–Trinajstić information content (AvgIpc) is 2.72. The van der Waals surface area contributed by atoms with Crippen molar-refractivity contribution in [3.63, 3.8) is 0 Å². The Hall–Kier alpha value is -1.61. The van der Waals surface area contributed by atoms with Gasteiger partial charge in [-0.2, -0.15) is 0 Å². The molecule has 1 aliphatic carbocycles. The molecule has 1 atom stereocenters. The second kappa shape index (κ2) is 3.46. The fourth-order valence-electron chi connectivity index (χ4n) is 2.47. The van der Waals surface area contributed by atoms with E-state index in [1.165, 1.54) is 16.7 Å². The third-order valence-corrected chi connectivity index (χ3v) is 3.31. The van der Waals surface area contributed by atoms with Gasteiger partial charge in [-0.25, -0.2) is 0 Å². The molecular weight excluding hydrogens is 200 g/mol. The summed E-state index contributed by atoms with van der Waals surface area (Å²) in [4.78, 5) is 0. The van der Waals surface area contributed by atoms with Crippen molar-refractivity contribution in [3.8, 4) is 11.3 Å². The molecule has 2 aromatic rings. The first kappa shape index (κ1) is 9.60. The number of hydrogen-bond acceptors (Lipinski definition) is 3. The van der Waals surface area contributed by atoms with Crippen LogP contribution in [0.3, 0.4) is 0 Å². The van der Waals surface area contributed by atoms with E-state index in [9.17, 15) is 0 Å². The van der Waals surface area contributed by atoms with Crippen LogP contribution >= 0.6 is 0 Å². The van der Waals surface area contributed by atoms with Crippen LogP contribution < -0.4 is 5.73 Å². The predicted molar refractivity (Wildman–Crippen MR) is 61.9 cm³/mol. The zero-order valence-electron chi connectivity index (χ0n) is 9.23. The van der Waals surface area contributed by atoms with Crippen molar-refractivity contribution in [2.75, 3.05) is 0 Å². The van der Waals surface area contributed by atoms with Crippen molar-refractivity contribution < 1.29 is 4.52 Å². The van der Waals surface area contributed by atoms with Gasteiger partial charge in [0.05, 0.1) is 0 Å². The highest BCUT2D eigenvalue weighted by molar-refractivity contribution is 5.69. The minimum atomic E-state index is 0.452. The van der Waals surface area contributed by atoms with Gasteiger partial charge in [0.2, 0.25) is 0 Å². The Morgan fingerprint density at radius 3 is 3.06 bits per heavy atom. The van der Waals surface area contributed by atoms with E-state index in [2.05, 4.69) is 30.3 Å². The number of nitrogens with zero attached hydrogens (tertiary/aromatic N) is 1. The third-order valence-electron chi connectivity index (χ3n) is 3.31. The van der Waals surface area contributed by atoms with Crippen LogP contribution in [0.1, 0.15) is 29.7 Å². The highest BCUT2D eigenvalue weighted by Gasteiger charge is 2.27. The molecule has 1 unspecified atom stereocenters. The molecule has 0 spiro atoms. The highest BCUT2D eigenvalue weighted by Crippen LogP contribution is 2.40. The summed E-state index contributed by atoms with van der Waals surface area (Å²) in [5.74, 6) is 1.42. The fraction of sp³-hybridized carbons (Fsp3) is 0.308. The summed E-state index contributed by atoms with van der Waals surface area (Å²) < 4.78 is 5.42. The number of benzene rings is 1. The lowest BCUT2D eigenvalue weighted by molar-refractivity contribution is 0.422. The van der Waals surface area contributed by atoms with Gasteiger partial charge in [0.25, 0.3) is 0 Å². The molecule has 1 aromatic carbocycles. The van der Waals surface area contributed by atoms with Gasteiger partial charge < -0.3 is 10.3 Å². The Labute approximate surface area is 94.2 Å². The summed E-state index contributed by atoms with van der Waals surface area (Å²) in [5.41, 5.74) is 10.3. The summed E-state index contributed by atoms with van der Waals surface area (Å²) in [6.45, 7) is 2.68. The first-order chi connectivity index (χ1) is 7.81. The standard InChI is InChI=1S/C13H14N2O/c1-8-6-11-12(7-14)15-16-13(11)10-5-3-2-4-9(8)10/h2-5,8H,6-7,14H2,1H3. The van der Waals surface area contributed by atoms with E-state index in [1.807, 2.05) is 6.07 Å². The Morgan fingerprint density at radius 1 is 1.44 bits per heavy atom. The number of hydrogen-bond donors (Lipinski definition) is 1. The maximum atomic E-state index is 5.66. The first-order valence-corrected chi connectivity index (χ1v) is 5.58. The van der Waals surface area contributed by atoms with Crippen molar-refractivity contribution in [1.82, 2.24) is 5.16 Å². The summed E-state index contributed by atoms with van der Waals surface area (Å²) in [6, 6.07) is 8.36. The minimum absolute atomic E-state index is 0.452. The van der Waals surface area contributed by atoms with Crippen LogP contribution in [0.2, 0.25) is 0 Å². The van der Waals surface area contributed by atoms with E-state index in [1.54, 1.807) is 0 Å². The van der Waals surface area contributed by atoms with Crippen LogP contribution in [-0.4, -0.2) is 5.16 Å². The maximum Gasteiger partial charge on any atom is 0.170 e. The molecular formula is C13H14N2O. The second-order valence-corrected chi connectivity index (χ2v) is 4.33. The smallest absolute Gasteiger partial charge is 0.170 e. The zero-order chi connectivity index (χ0) is 11.1. The Morgan fingerprint density at radius 2 is 2.25 bits per heavy atom. The van der Waals surface area contributed by atoms with E-state index in [4.69, 9.17) is 10.3 Å². The molecule has 1 heterocycles. The van der Waals surface area contributed by atoms with Crippen LogP contribution in [0.25, 0.3) is 11.3 Å². The lowest BCUT2D eigenvalue weighted by Crippen LogP contribution is -2.10. The molecule has 1 aliphatic rings. The van der Waals surface area contributed by atoms with E-state index >= 15 is 0 Å². The third kappa shape index (κ3) is 1.21. The van der Waals surface area contributed by atoms with Crippen molar-refractivity contribution in [2.45, 2.75) is 25.8 Å². The van der Waals surface area contributed by atoms with Gasteiger partial charge in [0, 0.05) is 17.7 Å². The average molecular weight is 214 g/mol. The first-order valence-electron chi connectivity index (χ1n) is 5.58. The largest absolute Gasteiger partial charge is 0.356 e. The van der Waals surface area contributed by atoms with Gasteiger partial charge in [0.1, 0.15) is 5.69 Å². The molecule has 3 heteroatoms. The van der Waals surface area contributed by atoms with Gasteiger partial charge in [-0.05, 0) is 17.9 Å². The minimum Gasteiger partial charge on any atom is -0.356 e. The SMILES string of the molecule is CC1Cc2c(CN)noc2-c2ccccc21. The van der Waals surface area contributed by atoms with Gasteiger partial charge >= 0.3 is 0 Å². The summed E-state index contributed by atoms with van der Waals surface area (Å²) >= 11 is 0.